The van der Waals surface area contributed by atoms with Gasteiger partial charge in [0, 0.05) is 30.7 Å². The monoisotopic (exact) mass is 422 g/mol. The van der Waals surface area contributed by atoms with Crippen molar-refractivity contribution in [3.8, 4) is 11.9 Å². The zero-order valence-electron chi connectivity index (χ0n) is 18.5. The molecule has 3 rings (SSSR count). The van der Waals surface area contributed by atoms with E-state index in [1.165, 1.54) is 6.92 Å². The summed E-state index contributed by atoms with van der Waals surface area (Å²) in [7, 11) is 0. The number of furan rings is 1. The molecule has 0 fully saturated rings. The van der Waals surface area contributed by atoms with Gasteiger partial charge in [0.15, 0.2) is 5.76 Å². The van der Waals surface area contributed by atoms with Crippen LogP contribution in [0.4, 0.5) is 0 Å². The Morgan fingerprint density at radius 3 is 2.52 bits per heavy atom. The highest BCUT2D eigenvalue weighted by atomic mass is 16.5. The number of hydrogen-bond acceptors (Lipinski definition) is 6. The van der Waals surface area contributed by atoms with Crippen molar-refractivity contribution in [1.29, 1.82) is 5.26 Å². The van der Waals surface area contributed by atoms with Gasteiger partial charge in [-0.3, -0.25) is 14.2 Å². The molecule has 0 aliphatic rings. The van der Waals surface area contributed by atoms with Crippen molar-refractivity contribution in [2.75, 3.05) is 13.2 Å². The van der Waals surface area contributed by atoms with E-state index in [4.69, 9.17) is 9.15 Å². The minimum Gasteiger partial charge on any atom is -0.494 e. The van der Waals surface area contributed by atoms with Gasteiger partial charge >= 0.3 is 0 Å². The van der Waals surface area contributed by atoms with Gasteiger partial charge in [-0.05, 0) is 69.9 Å². The topological polar surface area (TPSA) is 105 Å². The van der Waals surface area contributed by atoms with Crippen LogP contribution in [0.5, 0.6) is 5.88 Å². The number of fused-ring (bicyclic) bond motifs is 1. The lowest BCUT2D eigenvalue weighted by molar-refractivity contribution is 0.100. The van der Waals surface area contributed by atoms with Crippen molar-refractivity contribution in [3.63, 3.8) is 0 Å². The maximum absolute atomic E-state index is 13.5. The van der Waals surface area contributed by atoms with Gasteiger partial charge in [-0.25, -0.2) is 0 Å². The van der Waals surface area contributed by atoms with Gasteiger partial charge in [0.2, 0.25) is 11.7 Å². The first-order valence-corrected chi connectivity index (χ1v) is 10.2. The Morgan fingerprint density at radius 2 is 1.87 bits per heavy atom. The molecule has 0 aliphatic heterocycles. The van der Waals surface area contributed by atoms with Crippen LogP contribution in [0, 0.1) is 39.0 Å². The van der Waals surface area contributed by atoms with Gasteiger partial charge in [-0.1, -0.05) is 0 Å². The third-order valence-corrected chi connectivity index (χ3v) is 5.66. The third kappa shape index (κ3) is 3.87. The highest BCUT2D eigenvalue weighted by molar-refractivity contribution is 6.12. The lowest BCUT2D eigenvalue weighted by Gasteiger charge is -2.15. The second kappa shape index (κ2) is 8.78. The fourth-order valence-corrected chi connectivity index (χ4v) is 3.71. The number of pyridine rings is 1. The van der Waals surface area contributed by atoms with Gasteiger partial charge in [0.1, 0.15) is 17.2 Å². The first-order chi connectivity index (χ1) is 14.7. The number of benzene rings is 1. The van der Waals surface area contributed by atoms with Gasteiger partial charge in [-0.15, -0.1) is 0 Å². The molecule has 0 aliphatic carbocycles. The number of aromatic nitrogens is 1. The predicted octanol–water partition coefficient (Wildman–Crippen LogP) is 4.06. The lowest BCUT2D eigenvalue weighted by Crippen LogP contribution is -2.27. The summed E-state index contributed by atoms with van der Waals surface area (Å²) in [4.78, 5) is 26.2. The van der Waals surface area contributed by atoms with Crippen LogP contribution in [-0.2, 0) is 11.3 Å². The number of aromatic hydroxyl groups is 1. The van der Waals surface area contributed by atoms with Crippen molar-refractivity contribution in [3.05, 3.63) is 61.6 Å². The summed E-state index contributed by atoms with van der Waals surface area (Å²) in [5, 5.41) is 21.2. The number of ether oxygens (including phenoxy) is 1. The Bertz CT molecular complexity index is 1270. The average molecular weight is 422 g/mol. The zero-order chi connectivity index (χ0) is 22.9. The van der Waals surface area contributed by atoms with Crippen LogP contribution >= 0.6 is 0 Å². The molecule has 7 heteroatoms. The van der Waals surface area contributed by atoms with Crippen LogP contribution in [0.15, 0.2) is 21.3 Å². The van der Waals surface area contributed by atoms with Crippen LogP contribution in [-0.4, -0.2) is 28.7 Å². The molecule has 7 nitrogen and oxygen atoms in total. The van der Waals surface area contributed by atoms with Crippen molar-refractivity contribution >= 4 is 16.8 Å². The van der Waals surface area contributed by atoms with Gasteiger partial charge in [0.25, 0.3) is 5.56 Å². The van der Waals surface area contributed by atoms with E-state index in [0.717, 1.165) is 21.1 Å². The maximum atomic E-state index is 13.5. The number of ketones is 1. The van der Waals surface area contributed by atoms with Crippen LogP contribution in [0.1, 0.15) is 57.3 Å². The largest absolute Gasteiger partial charge is 0.494 e. The van der Waals surface area contributed by atoms with Crippen LogP contribution in [0.25, 0.3) is 11.0 Å². The summed E-state index contributed by atoms with van der Waals surface area (Å²) in [5.74, 6) is -0.939. The number of carbonyl (C=O) groups is 1. The minimum atomic E-state index is -0.627. The molecule has 0 unspecified atom stereocenters. The van der Waals surface area contributed by atoms with E-state index in [1.54, 1.807) is 6.92 Å². The molecule has 2 aromatic heterocycles. The highest BCUT2D eigenvalue weighted by Crippen LogP contribution is 2.32. The van der Waals surface area contributed by atoms with Crippen molar-refractivity contribution in [1.82, 2.24) is 4.57 Å². The zero-order valence-corrected chi connectivity index (χ0v) is 18.5. The molecule has 2 heterocycles. The predicted molar refractivity (Wildman–Crippen MR) is 117 cm³/mol. The molecule has 31 heavy (non-hydrogen) atoms. The van der Waals surface area contributed by atoms with Crippen molar-refractivity contribution in [2.24, 2.45) is 0 Å². The van der Waals surface area contributed by atoms with E-state index in [-0.39, 0.29) is 29.0 Å². The van der Waals surface area contributed by atoms with E-state index in [1.807, 2.05) is 39.0 Å². The van der Waals surface area contributed by atoms with Crippen LogP contribution in [0.3, 0.4) is 0 Å². The summed E-state index contributed by atoms with van der Waals surface area (Å²) in [6, 6.07) is 5.71. The molecule has 0 radical (unpaired) electrons. The summed E-state index contributed by atoms with van der Waals surface area (Å²) < 4.78 is 12.2. The molecule has 0 saturated carbocycles. The summed E-state index contributed by atoms with van der Waals surface area (Å²) >= 11 is 0. The highest BCUT2D eigenvalue weighted by Gasteiger charge is 2.28. The van der Waals surface area contributed by atoms with Crippen LogP contribution in [0.2, 0.25) is 0 Å². The fraction of sp³-hybridized carbons (Fsp3) is 0.375. The first-order valence-electron chi connectivity index (χ1n) is 10.2. The third-order valence-electron chi connectivity index (χ3n) is 5.66. The Labute approximate surface area is 180 Å². The van der Waals surface area contributed by atoms with Gasteiger partial charge < -0.3 is 14.3 Å². The maximum Gasteiger partial charge on any atom is 0.271 e. The van der Waals surface area contributed by atoms with Gasteiger partial charge in [-0.2, -0.15) is 5.26 Å². The SMILES string of the molecule is CCOCCCn1c(O)c(C(=O)c2oc3cc(C)c(C)cc3c2C)c(C)c(C#N)c1=O. The molecule has 3 aromatic rings. The molecule has 1 N–H and O–H groups in total. The van der Waals surface area contributed by atoms with Crippen molar-refractivity contribution < 1.29 is 19.1 Å². The Hall–Kier alpha value is -3.37. The van der Waals surface area contributed by atoms with Crippen molar-refractivity contribution in [2.45, 2.75) is 47.6 Å². The Kier molecular flexibility index (Phi) is 6.32. The lowest BCUT2D eigenvalue weighted by atomic mass is 9.98. The average Bonchev–Trinajstić information content (AvgIpc) is 3.03. The molecule has 1 aromatic carbocycles. The van der Waals surface area contributed by atoms with Crippen LogP contribution < -0.4 is 5.56 Å². The Balaban J connectivity index is 2.17. The normalized spacial score (nSPS) is 11.1. The van der Waals surface area contributed by atoms with Gasteiger partial charge in [0.05, 0.1) is 5.56 Å². The standard InChI is InChI=1S/C24H26N2O5/c1-6-30-9-7-8-26-23(28)18(12-25)15(4)20(24(26)29)21(27)22-16(5)17-10-13(2)14(3)11-19(17)31-22/h10-11,29H,6-9H2,1-5H3. The molecular formula is C24H26N2O5. The number of carbonyl (C=O) groups excluding carboxylic acids is 1. The number of hydrogen-bond donors (Lipinski definition) is 1. The Morgan fingerprint density at radius 1 is 1.19 bits per heavy atom. The summed E-state index contributed by atoms with van der Waals surface area (Å²) in [6.45, 7) is 10.1. The van der Waals surface area contributed by atoms with E-state index in [2.05, 4.69) is 0 Å². The summed E-state index contributed by atoms with van der Waals surface area (Å²) in [5.41, 5.74) is 2.58. The van der Waals surface area contributed by atoms with E-state index < -0.39 is 17.2 Å². The summed E-state index contributed by atoms with van der Waals surface area (Å²) in [6.07, 6.45) is 0.449. The fourth-order valence-electron chi connectivity index (χ4n) is 3.71. The second-order valence-electron chi connectivity index (χ2n) is 7.64. The molecule has 0 amide bonds. The minimum absolute atomic E-state index is 0.0850. The second-order valence-corrected chi connectivity index (χ2v) is 7.64. The first kappa shape index (κ1) is 22.3. The molecule has 162 valence electrons. The molecule has 0 spiro atoms. The molecular weight excluding hydrogens is 396 g/mol. The number of nitrogens with zero attached hydrogens (tertiary/aromatic N) is 2. The molecule has 0 saturated heterocycles. The number of nitriles is 1. The molecule has 0 atom stereocenters. The molecule has 0 bridgehead atoms. The van der Waals surface area contributed by atoms with E-state index in [0.29, 0.717) is 30.8 Å². The smallest absolute Gasteiger partial charge is 0.271 e. The number of rotatable bonds is 7. The number of aryl methyl sites for hydroxylation is 3. The van der Waals surface area contributed by atoms with E-state index >= 15 is 0 Å². The van der Waals surface area contributed by atoms with E-state index in [9.17, 15) is 20.0 Å². The quantitative estimate of drug-likeness (QED) is 0.455.